The van der Waals surface area contributed by atoms with Gasteiger partial charge in [-0.25, -0.2) is 0 Å². The fraction of sp³-hybridized carbons (Fsp3) is 0.696. The van der Waals surface area contributed by atoms with E-state index in [1.54, 1.807) is 0 Å². The fourth-order valence-electron chi connectivity index (χ4n) is 5.05. The standard InChI is InChI=1S/C23H37N3O/c1-4-21-15-25(14-18(3)24)16-22(27)26(21)23(19-8-6-5-7-9-19)20-12-10-17(2)11-13-20/h10-13,18-19,21,23H,4-9,14-16,24H2,1-3H3/t18?,21-,23?/m0/s1. The van der Waals surface area contributed by atoms with Crippen molar-refractivity contribution >= 4 is 5.91 Å². The predicted octanol–water partition coefficient (Wildman–Crippen LogP) is 3.89. The number of rotatable bonds is 6. The van der Waals surface area contributed by atoms with E-state index in [0.717, 1.165) is 19.5 Å². The van der Waals surface area contributed by atoms with Crippen LogP contribution in [0.2, 0.25) is 0 Å². The molecule has 2 fully saturated rings. The highest BCUT2D eigenvalue weighted by atomic mass is 16.2. The highest BCUT2D eigenvalue weighted by Crippen LogP contribution is 2.40. The minimum atomic E-state index is 0.105. The number of piperazine rings is 1. The summed E-state index contributed by atoms with van der Waals surface area (Å²) in [5, 5.41) is 0. The monoisotopic (exact) mass is 371 g/mol. The van der Waals surface area contributed by atoms with Crippen molar-refractivity contribution in [3.63, 3.8) is 0 Å². The molecule has 1 heterocycles. The van der Waals surface area contributed by atoms with Crippen LogP contribution < -0.4 is 5.73 Å². The first-order chi connectivity index (χ1) is 13.0. The zero-order valence-electron chi connectivity index (χ0n) is 17.4. The second-order valence-electron chi connectivity index (χ2n) is 8.79. The summed E-state index contributed by atoms with van der Waals surface area (Å²) in [7, 11) is 0. The third kappa shape index (κ3) is 4.91. The molecule has 3 atom stereocenters. The predicted molar refractivity (Wildman–Crippen MR) is 112 cm³/mol. The van der Waals surface area contributed by atoms with Crippen molar-refractivity contribution in [2.24, 2.45) is 11.7 Å². The summed E-state index contributed by atoms with van der Waals surface area (Å²) < 4.78 is 0. The van der Waals surface area contributed by atoms with E-state index in [9.17, 15) is 4.79 Å². The Balaban J connectivity index is 1.90. The molecule has 1 aromatic rings. The van der Waals surface area contributed by atoms with Crippen LogP contribution in [0, 0.1) is 12.8 Å². The van der Waals surface area contributed by atoms with Crippen molar-refractivity contribution in [3.8, 4) is 0 Å². The highest BCUT2D eigenvalue weighted by molar-refractivity contribution is 5.80. The average molecular weight is 372 g/mol. The van der Waals surface area contributed by atoms with Gasteiger partial charge in [-0.3, -0.25) is 9.69 Å². The van der Waals surface area contributed by atoms with E-state index >= 15 is 0 Å². The molecule has 0 bridgehead atoms. The zero-order chi connectivity index (χ0) is 19.4. The first kappa shape index (κ1) is 20.3. The number of carbonyl (C=O) groups excluding carboxylic acids is 1. The van der Waals surface area contributed by atoms with E-state index in [-0.39, 0.29) is 24.0 Å². The average Bonchev–Trinajstić information content (AvgIpc) is 2.65. The first-order valence-corrected chi connectivity index (χ1v) is 10.8. The summed E-state index contributed by atoms with van der Waals surface area (Å²) in [6.07, 6.45) is 7.40. The molecule has 1 aromatic carbocycles. The molecule has 1 aliphatic carbocycles. The van der Waals surface area contributed by atoms with Gasteiger partial charge in [0.05, 0.1) is 12.6 Å². The van der Waals surface area contributed by atoms with Crippen LogP contribution in [0.4, 0.5) is 0 Å². The number of carbonyl (C=O) groups is 1. The quantitative estimate of drug-likeness (QED) is 0.825. The summed E-state index contributed by atoms with van der Waals surface area (Å²) in [6, 6.07) is 9.50. The van der Waals surface area contributed by atoms with Crippen LogP contribution in [0.5, 0.6) is 0 Å². The Bertz CT molecular complexity index is 607. The smallest absolute Gasteiger partial charge is 0.237 e. The van der Waals surface area contributed by atoms with Crippen LogP contribution in [0.1, 0.15) is 69.5 Å². The maximum absolute atomic E-state index is 13.3. The lowest BCUT2D eigenvalue weighted by Crippen LogP contribution is -2.59. The van der Waals surface area contributed by atoms with E-state index in [2.05, 4.69) is 47.9 Å². The van der Waals surface area contributed by atoms with Crippen LogP contribution >= 0.6 is 0 Å². The minimum Gasteiger partial charge on any atom is -0.330 e. The van der Waals surface area contributed by atoms with Gasteiger partial charge >= 0.3 is 0 Å². The lowest BCUT2D eigenvalue weighted by atomic mass is 9.79. The Hall–Kier alpha value is -1.39. The lowest BCUT2D eigenvalue weighted by molar-refractivity contribution is -0.146. The van der Waals surface area contributed by atoms with Crippen molar-refractivity contribution in [1.82, 2.24) is 9.80 Å². The summed E-state index contributed by atoms with van der Waals surface area (Å²) in [5.41, 5.74) is 8.60. The SMILES string of the molecule is CC[C@H]1CN(CC(C)N)CC(=O)N1C(c1ccc(C)cc1)C1CCCCC1. The maximum Gasteiger partial charge on any atom is 0.237 e. The summed E-state index contributed by atoms with van der Waals surface area (Å²) >= 11 is 0. The van der Waals surface area contributed by atoms with Crippen molar-refractivity contribution in [2.75, 3.05) is 19.6 Å². The Morgan fingerprint density at radius 2 is 1.81 bits per heavy atom. The molecule has 3 rings (SSSR count). The molecule has 4 nitrogen and oxygen atoms in total. The number of benzene rings is 1. The summed E-state index contributed by atoms with van der Waals surface area (Å²) in [6.45, 7) is 8.62. The van der Waals surface area contributed by atoms with Crippen LogP contribution in [0.3, 0.4) is 0 Å². The van der Waals surface area contributed by atoms with E-state index in [1.165, 1.54) is 43.2 Å². The topological polar surface area (TPSA) is 49.6 Å². The van der Waals surface area contributed by atoms with Crippen LogP contribution in [0.15, 0.2) is 24.3 Å². The minimum absolute atomic E-state index is 0.105. The molecule has 1 amide bonds. The van der Waals surface area contributed by atoms with Gasteiger partial charge in [-0.2, -0.15) is 0 Å². The molecule has 0 spiro atoms. The molecular formula is C23H37N3O. The molecule has 1 saturated heterocycles. The van der Waals surface area contributed by atoms with Crippen LogP contribution in [-0.4, -0.2) is 47.4 Å². The van der Waals surface area contributed by atoms with Gasteiger partial charge in [-0.1, -0.05) is 56.0 Å². The van der Waals surface area contributed by atoms with Gasteiger partial charge in [0.15, 0.2) is 0 Å². The van der Waals surface area contributed by atoms with Crippen LogP contribution in [0.25, 0.3) is 0 Å². The Morgan fingerprint density at radius 1 is 1.15 bits per heavy atom. The van der Waals surface area contributed by atoms with Crippen molar-refractivity contribution in [3.05, 3.63) is 35.4 Å². The molecule has 27 heavy (non-hydrogen) atoms. The fourth-order valence-corrected chi connectivity index (χ4v) is 5.05. The first-order valence-electron chi connectivity index (χ1n) is 10.8. The zero-order valence-corrected chi connectivity index (χ0v) is 17.4. The highest BCUT2D eigenvalue weighted by Gasteiger charge is 2.40. The number of hydrogen-bond donors (Lipinski definition) is 1. The third-order valence-corrected chi connectivity index (χ3v) is 6.34. The summed E-state index contributed by atoms with van der Waals surface area (Å²) in [5.74, 6) is 0.865. The number of nitrogens with two attached hydrogens (primary N) is 1. The van der Waals surface area contributed by atoms with Gasteiger partial charge in [0, 0.05) is 25.2 Å². The van der Waals surface area contributed by atoms with Crippen LogP contribution in [-0.2, 0) is 4.79 Å². The molecule has 4 heteroatoms. The molecule has 2 N–H and O–H groups in total. The number of nitrogens with zero attached hydrogens (tertiary/aromatic N) is 2. The van der Waals surface area contributed by atoms with E-state index in [1.807, 2.05) is 6.92 Å². The normalized spacial score (nSPS) is 24.8. The second-order valence-corrected chi connectivity index (χ2v) is 8.79. The largest absolute Gasteiger partial charge is 0.330 e. The van der Waals surface area contributed by atoms with E-state index < -0.39 is 0 Å². The third-order valence-electron chi connectivity index (χ3n) is 6.34. The van der Waals surface area contributed by atoms with Gasteiger partial charge in [-0.15, -0.1) is 0 Å². The Labute approximate surface area is 165 Å². The van der Waals surface area contributed by atoms with Gasteiger partial charge in [0.25, 0.3) is 0 Å². The van der Waals surface area contributed by atoms with E-state index in [0.29, 0.717) is 12.5 Å². The molecule has 0 aromatic heterocycles. The molecule has 1 saturated carbocycles. The molecular weight excluding hydrogens is 334 g/mol. The Morgan fingerprint density at radius 3 is 2.41 bits per heavy atom. The number of amides is 1. The van der Waals surface area contributed by atoms with E-state index in [4.69, 9.17) is 5.73 Å². The molecule has 2 aliphatic rings. The lowest BCUT2D eigenvalue weighted by Gasteiger charge is -2.48. The van der Waals surface area contributed by atoms with Gasteiger partial charge < -0.3 is 10.6 Å². The van der Waals surface area contributed by atoms with Gasteiger partial charge in [-0.05, 0) is 44.6 Å². The number of hydrogen-bond acceptors (Lipinski definition) is 3. The van der Waals surface area contributed by atoms with Crippen molar-refractivity contribution < 1.29 is 4.79 Å². The second kappa shape index (κ2) is 9.20. The van der Waals surface area contributed by atoms with Crippen molar-refractivity contribution in [2.45, 2.75) is 77.4 Å². The number of aryl methyl sites for hydroxylation is 1. The summed E-state index contributed by atoms with van der Waals surface area (Å²) in [4.78, 5) is 17.8. The Kier molecular flexibility index (Phi) is 6.93. The van der Waals surface area contributed by atoms with Gasteiger partial charge in [0.1, 0.15) is 0 Å². The molecule has 2 unspecified atom stereocenters. The molecule has 1 aliphatic heterocycles. The maximum atomic E-state index is 13.3. The van der Waals surface area contributed by atoms with Crippen molar-refractivity contribution in [1.29, 1.82) is 0 Å². The van der Waals surface area contributed by atoms with Gasteiger partial charge in [0.2, 0.25) is 5.91 Å². The molecule has 150 valence electrons. The molecule has 0 radical (unpaired) electrons.